The van der Waals surface area contributed by atoms with Crippen LogP contribution in [0.15, 0.2) is 49.1 Å². The van der Waals surface area contributed by atoms with Crippen molar-refractivity contribution in [1.29, 1.82) is 0 Å². The van der Waals surface area contributed by atoms with Gasteiger partial charge in [0.1, 0.15) is 18.4 Å². The predicted molar refractivity (Wildman–Crippen MR) is 130 cm³/mol. The SMILES string of the molecule is CCCCCCCCCCC(Cc1ccccc1)C(CCCCCC)[n+]1cc[nH]c1. The van der Waals surface area contributed by atoms with Crippen LogP contribution in [0.5, 0.6) is 0 Å². The van der Waals surface area contributed by atoms with Gasteiger partial charge >= 0.3 is 0 Å². The van der Waals surface area contributed by atoms with Crippen LogP contribution >= 0.6 is 0 Å². The van der Waals surface area contributed by atoms with Crippen LogP contribution in [0.2, 0.25) is 0 Å². The highest BCUT2D eigenvalue weighted by atomic mass is 15.1. The molecule has 30 heavy (non-hydrogen) atoms. The first-order valence-electron chi connectivity index (χ1n) is 12.9. The molecule has 0 bridgehead atoms. The number of rotatable bonds is 18. The van der Waals surface area contributed by atoms with Crippen LogP contribution < -0.4 is 4.57 Å². The summed E-state index contributed by atoms with van der Waals surface area (Å²) in [4.78, 5) is 3.29. The first-order chi connectivity index (χ1) is 14.8. The van der Waals surface area contributed by atoms with Crippen molar-refractivity contribution in [3.63, 3.8) is 0 Å². The van der Waals surface area contributed by atoms with E-state index in [9.17, 15) is 0 Å². The quantitative estimate of drug-likeness (QED) is 0.188. The molecular formula is C28H47N2+. The molecule has 2 aromatic rings. The fraction of sp³-hybridized carbons (Fsp3) is 0.679. The summed E-state index contributed by atoms with van der Waals surface area (Å²) < 4.78 is 2.46. The maximum atomic E-state index is 3.29. The smallest absolute Gasteiger partial charge is 0.241 e. The van der Waals surface area contributed by atoms with Crippen molar-refractivity contribution in [3.8, 4) is 0 Å². The number of H-pyrrole nitrogens is 1. The van der Waals surface area contributed by atoms with Gasteiger partial charge in [0.25, 0.3) is 0 Å². The minimum atomic E-state index is 0.609. The Kier molecular flexibility index (Phi) is 13.3. The van der Waals surface area contributed by atoms with Gasteiger partial charge in [-0.1, -0.05) is 115 Å². The van der Waals surface area contributed by atoms with E-state index < -0.39 is 0 Å². The van der Waals surface area contributed by atoms with E-state index >= 15 is 0 Å². The van der Waals surface area contributed by atoms with Gasteiger partial charge in [-0.3, -0.25) is 4.98 Å². The Morgan fingerprint density at radius 1 is 0.733 bits per heavy atom. The number of unbranched alkanes of at least 4 members (excludes halogenated alkanes) is 10. The zero-order valence-corrected chi connectivity index (χ0v) is 19.8. The molecule has 1 heterocycles. The van der Waals surface area contributed by atoms with Crippen molar-refractivity contribution < 1.29 is 4.57 Å². The lowest BCUT2D eigenvalue weighted by atomic mass is 9.84. The summed E-state index contributed by atoms with van der Waals surface area (Å²) in [6, 6.07) is 11.8. The molecule has 0 spiro atoms. The molecule has 0 aliphatic rings. The molecule has 2 nitrogen and oxygen atoms in total. The third kappa shape index (κ3) is 9.96. The first kappa shape index (κ1) is 24.7. The number of nitrogens with zero attached hydrogens (tertiary/aromatic N) is 1. The lowest BCUT2D eigenvalue weighted by molar-refractivity contribution is -0.730. The van der Waals surface area contributed by atoms with Gasteiger partial charge < -0.3 is 0 Å². The lowest BCUT2D eigenvalue weighted by Gasteiger charge is -2.25. The zero-order valence-electron chi connectivity index (χ0n) is 19.8. The van der Waals surface area contributed by atoms with Crippen molar-refractivity contribution in [3.05, 3.63) is 54.6 Å². The molecule has 0 aliphatic carbocycles. The standard InChI is InChI=1S/C28H46N2/c1-3-5-7-9-10-11-12-16-20-27(24-26-18-14-13-15-19-26)28(21-17-8-6-4-2)30-23-22-29-25-30/h13-15,18-19,22-23,25,27-28H,3-12,16-17,20-21,24H2,1-2H3/p+1. The monoisotopic (exact) mass is 411 g/mol. The molecule has 2 unspecified atom stereocenters. The number of aromatic nitrogens is 2. The summed E-state index contributed by atoms with van der Waals surface area (Å²) in [6.07, 6.45) is 27.0. The Morgan fingerprint density at radius 2 is 1.33 bits per heavy atom. The van der Waals surface area contributed by atoms with Crippen LogP contribution in [0.25, 0.3) is 0 Å². The molecular weight excluding hydrogens is 364 g/mol. The molecule has 0 fully saturated rings. The van der Waals surface area contributed by atoms with Gasteiger partial charge in [0, 0.05) is 5.92 Å². The number of benzene rings is 1. The number of aromatic amines is 1. The van der Waals surface area contributed by atoms with Crippen molar-refractivity contribution in [2.24, 2.45) is 5.92 Å². The highest BCUT2D eigenvalue weighted by molar-refractivity contribution is 5.15. The summed E-state index contributed by atoms with van der Waals surface area (Å²) in [7, 11) is 0. The minimum Gasteiger partial charge on any atom is -0.250 e. The van der Waals surface area contributed by atoms with E-state index in [-0.39, 0.29) is 0 Å². The molecule has 2 heteroatoms. The average Bonchev–Trinajstić information content (AvgIpc) is 3.30. The molecule has 0 amide bonds. The van der Waals surface area contributed by atoms with E-state index in [1.54, 1.807) is 0 Å². The normalized spacial score (nSPS) is 13.4. The van der Waals surface area contributed by atoms with E-state index in [0.717, 1.165) is 5.92 Å². The second-order valence-corrected chi connectivity index (χ2v) is 9.19. The molecule has 0 aliphatic heterocycles. The largest absolute Gasteiger partial charge is 0.250 e. The van der Waals surface area contributed by atoms with Crippen molar-refractivity contribution in [2.45, 2.75) is 116 Å². The maximum absolute atomic E-state index is 3.29. The summed E-state index contributed by atoms with van der Waals surface area (Å²) in [5, 5.41) is 0. The first-order valence-corrected chi connectivity index (χ1v) is 12.9. The van der Waals surface area contributed by atoms with E-state index in [0.29, 0.717) is 6.04 Å². The Bertz CT molecular complexity index is 605. The number of imidazole rings is 1. The van der Waals surface area contributed by atoms with Crippen LogP contribution in [-0.4, -0.2) is 4.98 Å². The third-order valence-electron chi connectivity index (χ3n) is 6.62. The average molecular weight is 412 g/mol. The minimum absolute atomic E-state index is 0.609. The molecule has 0 radical (unpaired) electrons. The molecule has 1 N–H and O–H groups in total. The lowest BCUT2D eigenvalue weighted by Crippen LogP contribution is -2.42. The summed E-state index contributed by atoms with van der Waals surface area (Å²) >= 11 is 0. The summed E-state index contributed by atoms with van der Waals surface area (Å²) in [5.41, 5.74) is 1.50. The van der Waals surface area contributed by atoms with E-state index in [1.165, 1.54) is 102 Å². The van der Waals surface area contributed by atoms with Gasteiger partial charge in [0.05, 0.1) is 0 Å². The van der Waals surface area contributed by atoms with Gasteiger partial charge in [0.15, 0.2) is 0 Å². The summed E-state index contributed by atoms with van der Waals surface area (Å²) in [5.74, 6) is 0.718. The van der Waals surface area contributed by atoms with Crippen LogP contribution in [0.3, 0.4) is 0 Å². The second kappa shape index (κ2) is 16.2. The topological polar surface area (TPSA) is 19.7 Å². The van der Waals surface area contributed by atoms with Crippen molar-refractivity contribution in [2.75, 3.05) is 0 Å². The Morgan fingerprint density at radius 3 is 1.97 bits per heavy atom. The van der Waals surface area contributed by atoms with Gasteiger partial charge in [-0.2, -0.15) is 0 Å². The summed E-state index contributed by atoms with van der Waals surface area (Å²) in [6.45, 7) is 4.60. The molecule has 2 atom stereocenters. The Labute approximate surface area is 186 Å². The number of hydrogen-bond acceptors (Lipinski definition) is 0. The fourth-order valence-electron chi connectivity index (χ4n) is 4.80. The molecule has 168 valence electrons. The highest BCUT2D eigenvalue weighted by Crippen LogP contribution is 2.29. The van der Waals surface area contributed by atoms with Crippen LogP contribution in [0, 0.1) is 5.92 Å². The molecule has 2 rings (SSSR count). The van der Waals surface area contributed by atoms with Gasteiger partial charge in [-0.05, 0) is 31.2 Å². The highest BCUT2D eigenvalue weighted by Gasteiger charge is 2.26. The van der Waals surface area contributed by atoms with Crippen molar-refractivity contribution in [1.82, 2.24) is 4.98 Å². The van der Waals surface area contributed by atoms with Gasteiger partial charge in [-0.25, -0.2) is 4.57 Å². The Hall–Kier alpha value is -1.57. The molecule has 0 saturated carbocycles. The zero-order chi connectivity index (χ0) is 21.3. The van der Waals surface area contributed by atoms with Crippen LogP contribution in [-0.2, 0) is 6.42 Å². The van der Waals surface area contributed by atoms with E-state index in [4.69, 9.17) is 0 Å². The Balaban J connectivity index is 1.93. The van der Waals surface area contributed by atoms with E-state index in [2.05, 4.69) is 72.5 Å². The van der Waals surface area contributed by atoms with Gasteiger partial charge in [-0.15, -0.1) is 0 Å². The number of nitrogens with one attached hydrogen (secondary N) is 1. The van der Waals surface area contributed by atoms with Gasteiger partial charge in [0.2, 0.25) is 6.33 Å². The molecule has 1 aromatic heterocycles. The van der Waals surface area contributed by atoms with Crippen LogP contribution in [0.4, 0.5) is 0 Å². The third-order valence-corrected chi connectivity index (χ3v) is 6.62. The second-order valence-electron chi connectivity index (χ2n) is 9.19. The predicted octanol–water partition coefficient (Wildman–Crippen LogP) is 8.20. The van der Waals surface area contributed by atoms with Crippen molar-refractivity contribution >= 4 is 0 Å². The molecule has 0 saturated heterocycles. The maximum Gasteiger partial charge on any atom is 0.241 e. The van der Waals surface area contributed by atoms with E-state index in [1.807, 2.05) is 0 Å². The fourth-order valence-corrected chi connectivity index (χ4v) is 4.80. The number of hydrogen-bond donors (Lipinski definition) is 1. The molecule has 1 aromatic carbocycles. The van der Waals surface area contributed by atoms with Crippen LogP contribution in [0.1, 0.15) is 115 Å².